The van der Waals surface area contributed by atoms with Gasteiger partial charge in [-0.15, -0.1) is 0 Å². The van der Waals surface area contributed by atoms with Gasteiger partial charge in [0.15, 0.2) is 0 Å². The van der Waals surface area contributed by atoms with Crippen LogP contribution in [0, 0.1) is 5.92 Å². The summed E-state index contributed by atoms with van der Waals surface area (Å²) in [5.41, 5.74) is 0. The van der Waals surface area contributed by atoms with E-state index in [4.69, 9.17) is 0 Å². The quantitative estimate of drug-likeness (QED) is 0.375. The number of likely N-dealkylation sites (tertiary alicyclic amines) is 1. The van der Waals surface area contributed by atoms with Crippen LogP contribution in [0.5, 0.6) is 0 Å². The number of carbonyl (C=O) groups excluding carboxylic acids is 3. The summed E-state index contributed by atoms with van der Waals surface area (Å²) >= 11 is 0. The molecule has 84 valence electrons. The van der Waals surface area contributed by atoms with E-state index in [9.17, 15) is 14.4 Å². The van der Waals surface area contributed by atoms with E-state index >= 15 is 0 Å². The number of ketones is 1. The minimum atomic E-state index is -0.897. The molecule has 0 spiro atoms. The Balaban J connectivity index is 2.66. The van der Waals surface area contributed by atoms with Gasteiger partial charge in [0.05, 0.1) is 6.61 Å². The lowest BCUT2D eigenvalue weighted by Gasteiger charge is -2.27. The number of ether oxygens (including phenoxy) is 1. The molecular weight excluding hydrogens is 198 g/mol. The summed E-state index contributed by atoms with van der Waals surface area (Å²) in [7, 11) is 1.63. The number of amides is 1. The van der Waals surface area contributed by atoms with E-state index < -0.39 is 17.7 Å². The molecule has 1 aliphatic heterocycles. The third-order valence-corrected chi connectivity index (χ3v) is 2.45. The summed E-state index contributed by atoms with van der Waals surface area (Å²) in [4.78, 5) is 35.7. The van der Waals surface area contributed by atoms with Gasteiger partial charge < -0.3 is 9.64 Å². The highest BCUT2D eigenvalue weighted by Gasteiger charge is 2.36. The van der Waals surface area contributed by atoms with Crippen LogP contribution in [-0.4, -0.2) is 42.8 Å². The summed E-state index contributed by atoms with van der Waals surface area (Å²) in [5, 5.41) is 0. The average Bonchev–Trinajstić information content (AvgIpc) is 2.21. The zero-order chi connectivity index (χ0) is 11.4. The summed E-state index contributed by atoms with van der Waals surface area (Å²) in [6.45, 7) is 2.42. The number of hydrogen-bond acceptors (Lipinski definition) is 4. The van der Waals surface area contributed by atoms with Crippen LogP contribution in [-0.2, 0) is 19.1 Å². The van der Waals surface area contributed by atoms with Crippen LogP contribution in [0.2, 0.25) is 0 Å². The highest BCUT2D eigenvalue weighted by molar-refractivity contribution is 6.38. The lowest BCUT2D eigenvalue weighted by Crippen LogP contribution is -2.44. The molecule has 1 atom stereocenters. The molecule has 0 radical (unpaired) electrons. The lowest BCUT2D eigenvalue weighted by atomic mass is 9.93. The molecule has 1 aliphatic rings. The number of hydrogen-bond donors (Lipinski definition) is 0. The fourth-order valence-electron chi connectivity index (χ4n) is 1.62. The predicted octanol–water partition coefficient (Wildman–Crippen LogP) is -0.0130. The molecule has 0 aromatic rings. The standard InChI is InChI=1S/C10H15NO4/c1-3-15-10(14)8(12)7-5-4-6-11(2)9(7)13/h7H,3-6H2,1-2H3/t7-/m0/s1. The van der Waals surface area contributed by atoms with Crippen molar-refractivity contribution in [2.75, 3.05) is 20.2 Å². The van der Waals surface area contributed by atoms with E-state index in [1.54, 1.807) is 14.0 Å². The van der Waals surface area contributed by atoms with Crippen molar-refractivity contribution >= 4 is 17.7 Å². The zero-order valence-corrected chi connectivity index (χ0v) is 8.99. The summed E-state index contributed by atoms with van der Waals surface area (Å²) < 4.78 is 4.58. The number of carbonyl (C=O) groups is 3. The monoisotopic (exact) mass is 213 g/mol. The molecule has 15 heavy (non-hydrogen) atoms. The van der Waals surface area contributed by atoms with E-state index in [1.165, 1.54) is 4.90 Å². The van der Waals surface area contributed by atoms with Crippen molar-refractivity contribution in [1.29, 1.82) is 0 Å². The topological polar surface area (TPSA) is 63.7 Å². The summed E-state index contributed by atoms with van der Waals surface area (Å²) in [6, 6.07) is 0. The van der Waals surface area contributed by atoms with Crippen LogP contribution in [0.4, 0.5) is 0 Å². The Morgan fingerprint density at radius 1 is 1.53 bits per heavy atom. The molecule has 0 unspecified atom stereocenters. The van der Waals surface area contributed by atoms with E-state index in [0.717, 1.165) is 6.42 Å². The van der Waals surface area contributed by atoms with E-state index in [-0.39, 0.29) is 12.5 Å². The molecule has 0 saturated carbocycles. The van der Waals surface area contributed by atoms with E-state index in [1.807, 2.05) is 0 Å². The number of nitrogens with zero attached hydrogens (tertiary/aromatic N) is 1. The van der Waals surface area contributed by atoms with Crippen LogP contribution >= 0.6 is 0 Å². The van der Waals surface area contributed by atoms with Crippen molar-refractivity contribution < 1.29 is 19.1 Å². The molecule has 5 nitrogen and oxygen atoms in total. The summed E-state index contributed by atoms with van der Waals surface area (Å²) in [5.74, 6) is -2.72. The number of piperidine rings is 1. The maximum absolute atomic E-state index is 11.6. The third kappa shape index (κ3) is 2.55. The second-order valence-corrected chi connectivity index (χ2v) is 3.54. The Hall–Kier alpha value is -1.39. The van der Waals surface area contributed by atoms with Gasteiger partial charge in [0.1, 0.15) is 5.92 Å². The molecule has 0 aliphatic carbocycles. The van der Waals surface area contributed by atoms with Gasteiger partial charge in [-0.05, 0) is 19.8 Å². The Labute approximate surface area is 88.4 Å². The molecule has 1 rings (SSSR count). The van der Waals surface area contributed by atoms with Gasteiger partial charge in [-0.3, -0.25) is 9.59 Å². The smallest absolute Gasteiger partial charge is 0.375 e. The van der Waals surface area contributed by atoms with Gasteiger partial charge in [0, 0.05) is 13.6 Å². The second kappa shape index (κ2) is 4.91. The van der Waals surface area contributed by atoms with Crippen molar-refractivity contribution in [3.63, 3.8) is 0 Å². The summed E-state index contributed by atoms with van der Waals surface area (Å²) in [6.07, 6.45) is 1.19. The minimum Gasteiger partial charge on any atom is -0.460 e. The normalized spacial score (nSPS) is 21.3. The molecule has 0 N–H and O–H groups in total. The predicted molar refractivity (Wildman–Crippen MR) is 52.0 cm³/mol. The van der Waals surface area contributed by atoms with E-state index in [0.29, 0.717) is 13.0 Å². The maximum Gasteiger partial charge on any atom is 0.375 e. The Bertz CT molecular complexity index is 287. The molecule has 1 heterocycles. The lowest BCUT2D eigenvalue weighted by molar-refractivity contribution is -0.159. The van der Waals surface area contributed by atoms with Crippen molar-refractivity contribution in [2.45, 2.75) is 19.8 Å². The first-order valence-electron chi connectivity index (χ1n) is 5.03. The Morgan fingerprint density at radius 2 is 2.20 bits per heavy atom. The van der Waals surface area contributed by atoms with Crippen molar-refractivity contribution in [1.82, 2.24) is 4.90 Å². The van der Waals surface area contributed by atoms with Gasteiger partial charge in [0.25, 0.3) is 5.78 Å². The van der Waals surface area contributed by atoms with Crippen LogP contribution in [0.25, 0.3) is 0 Å². The van der Waals surface area contributed by atoms with Gasteiger partial charge in [-0.2, -0.15) is 0 Å². The molecule has 1 fully saturated rings. The van der Waals surface area contributed by atoms with E-state index in [2.05, 4.69) is 4.74 Å². The SMILES string of the molecule is CCOC(=O)C(=O)[C@@H]1CCCN(C)C1=O. The van der Waals surface area contributed by atoms with Crippen LogP contribution < -0.4 is 0 Å². The molecule has 1 amide bonds. The molecule has 0 bridgehead atoms. The fourth-order valence-corrected chi connectivity index (χ4v) is 1.62. The molecule has 1 saturated heterocycles. The molecular formula is C10H15NO4. The third-order valence-electron chi connectivity index (χ3n) is 2.45. The van der Waals surface area contributed by atoms with Gasteiger partial charge in [-0.1, -0.05) is 0 Å². The Morgan fingerprint density at radius 3 is 2.80 bits per heavy atom. The van der Waals surface area contributed by atoms with Gasteiger partial charge in [-0.25, -0.2) is 4.79 Å². The van der Waals surface area contributed by atoms with Crippen molar-refractivity contribution in [3.8, 4) is 0 Å². The van der Waals surface area contributed by atoms with Gasteiger partial charge >= 0.3 is 5.97 Å². The van der Waals surface area contributed by atoms with Crippen molar-refractivity contribution in [3.05, 3.63) is 0 Å². The first-order chi connectivity index (χ1) is 7.07. The van der Waals surface area contributed by atoms with Crippen LogP contribution in [0.15, 0.2) is 0 Å². The largest absolute Gasteiger partial charge is 0.460 e. The number of esters is 1. The minimum absolute atomic E-state index is 0.154. The number of Topliss-reactive ketones (excluding diaryl/α,β-unsaturated/α-hetero) is 1. The zero-order valence-electron chi connectivity index (χ0n) is 8.99. The molecule has 0 aromatic carbocycles. The Kier molecular flexibility index (Phi) is 3.82. The van der Waals surface area contributed by atoms with Crippen LogP contribution in [0.3, 0.4) is 0 Å². The molecule has 5 heteroatoms. The maximum atomic E-state index is 11.6. The number of rotatable bonds is 3. The second-order valence-electron chi connectivity index (χ2n) is 3.54. The highest BCUT2D eigenvalue weighted by atomic mass is 16.5. The van der Waals surface area contributed by atoms with Gasteiger partial charge in [0.2, 0.25) is 5.91 Å². The van der Waals surface area contributed by atoms with Crippen molar-refractivity contribution in [2.24, 2.45) is 5.92 Å². The van der Waals surface area contributed by atoms with Crippen LogP contribution in [0.1, 0.15) is 19.8 Å². The molecule has 0 aromatic heterocycles. The first kappa shape index (κ1) is 11.7. The highest BCUT2D eigenvalue weighted by Crippen LogP contribution is 2.18. The first-order valence-corrected chi connectivity index (χ1v) is 5.03. The fraction of sp³-hybridized carbons (Fsp3) is 0.700. The average molecular weight is 213 g/mol.